The summed E-state index contributed by atoms with van der Waals surface area (Å²) in [6.45, 7) is 3.78. The van der Waals surface area contributed by atoms with Crippen LogP contribution in [-0.4, -0.2) is 51.6 Å². The average Bonchev–Trinajstić information content (AvgIpc) is 2.70. The Morgan fingerprint density at radius 1 is 0.862 bits per heavy atom. The van der Waals surface area contributed by atoms with Crippen LogP contribution in [0.25, 0.3) is 0 Å². The van der Waals surface area contributed by atoms with Gasteiger partial charge in [-0.1, -0.05) is 17.7 Å². The standard InChI is InChI=1S/C19H20ClN3O4S2/c1-14-3-6-18(11-15(14)2)28(24,25)22-7-9-23(10-8-22)29(26,27)19-12-17(20)5-4-16(19)13-21/h3-6,11-12H,7-10H2,1-2H3. The van der Waals surface area contributed by atoms with Gasteiger partial charge in [-0.05, 0) is 55.3 Å². The van der Waals surface area contributed by atoms with E-state index in [2.05, 4.69) is 0 Å². The summed E-state index contributed by atoms with van der Waals surface area (Å²) >= 11 is 5.91. The molecule has 2 aromatic rings. The number of sulfonamides is 2. The van der Waals surface area contributed by atoms with Crippen molar-refractivity contribution in [2.24, 2.45) is 0 Å². The van der Waals surface area contributed by atoms with Gasteiger partial charge in [0.1, 0.15) is 11.0 Å². The van der Waals surface area contributed by atoms with E-state index in [4.69, 9.17) is 11.6 Å². The lowest BCUT2D eigenvalue weighted by atomic mass is 10.1. The molecule has 0 atom stereocenters. The zero-order valence-corrected chi connectivity index (χ0v) is 18.4. The first-order chi connectivity index (χ1) is 13.6. The maximum absolute atomic E-state index is 13.0. The normalized spacial score (nSPS) is 16.5. The highest BCUT2D eigenvalue weighted by Crippen LogP contribution is 2.26. The van der Waals surface area contributed by atoms with Gasteiger partial charge < -0.3 is 0 Å². The van der Waals surface area contributed by atoms with Crippen LogP contribution in [0.15, 0.2) is 46.2 Å². The predicted octanol–water partition coefficient (Wildman–Crippen LogP) is 2.52. The number of hydrogen-bond acceptors (Lipinski definition) is 5. The Labute approximate surface area is 176 Å². The summed E-state index contributed by atoms with van der Waals surface area (Å²) < 4.78 is 54.3. The average molecular weight is 454 g/mol. The molecule has 29 heavy (non-hydrogen) atoms. The Bertz CT molecular complexity index is 1200. The number of benzene rings is 2. The highest BCUT2D eigenvalue weighted by molar-refractivity contribution is 7.89. The predicted molar refractivity (Wildman–Crippen MR) is 110 cm³/mol. The van der Waals surface area contributed by atoms with Crippen molar-refractivity contribution in [2.75, 3.05) is 26.2 Å². The lowest BCUT2D eigenvalue weighted by Crippen LogP contribution is -2.50. The summed E-state index contributed by atoms with van der Waals surface area (Å²) in [7, 11) is -7.68. The molecule has 0 spiro atoms. The van der Waals surface area contributed by atoms with Gasteiger partial charge in [0.15, 0.2) is 0 Å². The van der Waals surface area contributed by atoms with Crippen LogP contribution in [0.1, 0.15) is 16.7 Å². The van der Waals surface area contributed by atoms with E-state index in [1.807, 2.05) is 19.9 Å². The Kier molecular flexibility index (Phi) is 6.03. The van der Waals surface area contributed by atoms with Gasteiger partial charge in [0.05, 0.1) is 10.5 Å². The Hall–Kier alpha value is -1.96. The summed E-state index contributed by atoms with van der Waals surface area (Å²) in [6.07, 6.45) is 0. The number of hydrogen-bond donors (Lipinski definition) is 0. The molecule has 7 nitrogen and oxygen atoms in total. The molecule has 1 aliphatic rings. The first-order valence-electron chi connectivity index (χ1n) is 8.84. The van der Waals surface area contributed by atoms with Crippen LogP contribution >= 0.6 is 11.6 Å². The summed E-state index contributed by atoms with van der Waals surface area (Å²) in [5.41, 5.74) is 1.87. The Balaban J connectivity index is 1.82. The Morgan fingerprint density at radius 3 is 2.00 bits per heavy atom. The van der Waals surface area contributed by atoms with Crippen LogP contribution in [0.2, 0.25) is 5.02 Å². The summed E-state index contributed by atoms with van der Waals surface area (Å²) in [6, 6.07) is 10.9. The fourth-order valence-corrected chi connectivity index (χ4v) is 6.45. The molecule has 154 valence electrons. The maximum atomic E-state index is 13.0. The third kappa shape index (κ3) is 4.17. The molecule has 0 radical (unpaired) electrons. The number of aryl methyl sites for hydroxylation is 2. The second kappa shape index (κ2) is 8.05. The molecule has 3 rings (SSSR count). The van der Waals surface area contributed by atoms with Gasteiger partial charge >= 0.3 is 0 Å². The first-order valence-corrected chi connectivity index (χ1v) is 12.1. The Morgan fingerprint density at radius 2 is 1.45 bits per heavy atom. The van der Waals surface area contributed by atoms with Gasteiger partial charge in [-0.15, -0.1) is 0 Å². The van der Waals surface area contributed by atoms with Crippen LogP contribution in [-0.2, 0) is 20.0 Å². The number of piperazine rings is 1. The smallest absolute Gasteiger partial charge is 0.207 e. The zero-order chi connectivity index (χ0) is 21.4. The quantitative estimate of drug-likeness (QED) is 0.708. The molecule has 1 saturated heterocycles. The van der Waals surface area contributed by atoms with Crippen molar-refractivity contribution >= 4 is 31.6 Å². The lowest BCUT2D eigenvalue weighted by Gasteiger charge is -2.33. The van der Waals surface area contributed by atoms with Gasteiger partial charge in [0.2, 0.25) is 20.0 Å². The maximum Gasteiger partial charge on any atom is 0.244 e. The molecule has 1 fully saturated rings. The molecule has 0 bridgehead atoms. The molecule has 0 aromatic heterocycles. The summed E-state index contributed by atoms with van der Waals surface area (Å²) in [5.74, 6) is 0. The fraction of sp³-hybridized carbons (Fsp3) is 0.316. The number of nitrogens with zero attached hydrogens (tertiary/aromatic N) is 3. The van der Waals surface area contributed by atoms with E-state index in [-0.39, 0.29) is 46.6 Å². The largest absolute Gasteiger partial charge is 0.244 e. The zero-order valence-electron chi connectivity index (χ0n) is 16.0. The van der Waals surface area contributed by atoms with Crippen molar-refractivity contribution in [1.29, 1.82) is 5.26 Å². The van der Waals surface area contributed by atoms with E-state index in [1.54, 1.807) is 18.2 Å². The van der Waals surface area contributed by atoms with E-state index in [1.165, 1.54) is 26.8 Å². The monoisotopic (exact) mass is 453 g/mol. The minimum atomic E-state index is -3.97. The third-order valence-electron chi connectivity index (χ3n) is 5.00. The molecule has 0 aliphatic carbocycles. The molecular weight excluding hydrogens is 434 g/mol. The van der Waals surface area contributed by atoms with E-state index in [0.29, 0.717) is 0 Å². The topological polar surface area (TPSA) is 98.6 Å². The number of nitriles is 1. The minimum absolute atomic E-state index is 0.000387. The van der Waals surface area contributed by atoms with Crippen molar-refractivity contribution < 1.29 is 16.8 Å². The van der Waals surface area contributed by atoms with Gasteiger partial charge in [-0.2, -0.15) is 13.9 Å². The van der Waals surface area contributed by atoms with Crippen molar-refractivity contribution in [3.63, 3.8) is 0 Å². The van der Waals surface area contributed by atoms with Crippen LogP contribution in [0, 0.1) is 25.2 Å². The third-order valence-corrected chi connectivity index (χ3v) is 9.06. The molecule has 10 heteroatoms. The second-order valence-corrected chi connectivity index (χ2v) is 11.1. The number of rotatable bonds is 4. The van der Waals surface area contributed by atoms with Crippen LogP contribution in [0.5, 0.6) is 0 Å². The van der Waals surface area contributed by atoms with Crippen molar-refractivity contribution in [3.05, 3.63) is 58.1 Å². The second-order valence-electron chi connectivity index (χ2n) is 6.81. The number of halogens is 1. The van der Waals surface area contributed by atoms with Crippen molar-refractivity contribution in [3.8, 4) is 6.07 Å². The summed E-state index contributed by atoms with van der Waals surface area (Å²) in [5, 5.41) is 9.43. The van der Waals surface area contributed by atoms with Crippen molar-refractivity contribution in [2.45, 2.75) is 23.6 Å². The fourth-order valence-electron chi connectivity index (χ4n) is 3.11. The highest BCUT2D eigenvalue weighted by Gasteiger charge is 2.35. The molecular formula is C19H20ClN3O4S2. The van der Waals surface area contributed by atoms with Gasteiger partial charge in [-0.25, -0.2) is 16.8 Å². The van der Waals surface area contributed by atoms with E-state index in [0.717, 1.165) is 11.1 Å². The van der Waals surface area contributed by atoms with Gasteiger partial charge in [0, 0.05) is 31.2 Å². The molecule has 1 heterocycles. The molecule has 2 aromatic carbocycles. The van der Waals surface area contributed by atoms with E-state index < -0.39 is 20.0 Å². The first kappa shape index (κ1) is 21.7. The van der Waals surface area contributed by atoms with Gasteiger partial charge in [-0.3, -0.25) is 0 Å². The van der Waals surface area contributed by atoms with Crippen LogP contribution in [0.3, 0.4) is 0 Å². The van der Waals surface area contributed by atoms with Crippen LogP contribution < -0.4 is 0 Å². The van der Waals surface area contributed by atoms with Gasteiger partial charge in [0.25, 0.3) is 0 Å². The molecule has 1 aliphatic heterocycles. The molecule has 0 saturated carbocycles. The molecule has 0 amide bonds. The lowest BCUT2D eigenvalue weighted by molar-refractivity contribution is 0.273. The SMILES string of the molecule is Cc1ccc(S(=O)(=O)N2CCN(S(=O)(=O)c3cc(Cl)ccc3C#N)CC2)cc1C. The van der Waals surface area contributed by atoms with E-state index >= 15 is 0 Å². The minimum Gasteiger partial charge on any atom is -0.207 e. The van der Waals surface area contributed by atoms with E-state index in [9.17, 15) is 22.1 Å². The molecule has 0 unspecified atom stereocenters. The van der Waals surface area contributed by atoms with Crippen molar-refractivity contribution in [1.82, 2.24) is 8.61 Å². The summed E-state index contributed by atoms with van der Waals surface area (Å²) in [4.78, 5) is 0.0245. The molecule has 0 N–H and O–H groups in total. The van der Waals surface area contributed by atoms with Crippen LogP contribution in [0.4, 0.5) is 0 Å². The highest BCUT2D eigenvalue weighted by atomic mass is 35.5.